The van der Waals surface area contributed by atoms with Crippen molar-refractivity contribution in [2.24, 2.45) is 23.7 Å². The number of rotatable bonds is 7. The molecule has 0 radical (unpaired) electrons. The fourth-order valence-electron chi connectivity index (χ4n) is 6.10. The minimum absolute atomic E-state index is 0.0383. The first kappa shape index (κ1) is 23.2. The molecule has 1 saturated heterocycles. The van der Waals surface area contributed by atoms with Crippen molar-refractivity contribution in [2.45, 2.75) is 18.9 Å². The van der Waals surface area contributed by atoms with Crippen molar-refractivity contribution < 1.29 is 23.9 Å². The number of amides is 3. The largest absolute Gasteiger partial charge is 0.454 e. The monoisotopic (exact) mass is 494 g/mol. The molecule has 3 aromatic carbocycles. The van der Waals surface area contributed by atoms with Crippen molar-refractivity contribution in [3.63, 3.8) is 0 Å². The second kappa shape index (κ2) is 9.32. The summed E-state index contributed by atoms with van der Waals surface area (Å²) in [5, 5.41) is 4.64. The zero-order chi connectivity index (χ0) is 25.5. The van der Waals surface area contributed by atoms with Crippen LogP contribution in [0.4, 0.5) is 5.69 Å². The van der Waals surface area contributed by atoms with Gasteiger partial charge in [-0.3, -0.25) is 19.3 Å². The number of hydrogen-bond donors (Lipinski definition) is 1. The van der Waals surface area contributed by atoms with Crippen LogP contribution in [-0.4, -0.2) is 41.2 Å². The van der Waals surface area contributed by atoms with E-state index < -0.39 is 36.4 Å². The molecule has 5 atom stereocenters. The van der Waals surface area contributed by atoms with Gasteiger partial charge in [-0.1, -0.05) is 78.9 Å². The maximum atomic E-state index is 13.4. The summed E-state index contributed by atoms with van der Waals surface area (Å²) in [7, 11) is 0. The third kappa shape index (κ3) is 4.10. The molecule has 2 aliphatic carbocycles. The third-order valence-electron chi connectivity index (χ3n) is 7.77. The first-order chi connectivity index (χ1) is 18.0. The number of hydrogen-bond acceptors (Lipinski definition) is 5. The molecule has 1 heterocycles. The molecule has 37 heavy (non-hydrogen) atoms. The van der Waals surface area contributed by atoms with Crippen molar-refractivity contribution in [1.29, 1.82) is 0 Å². The van der Waals surface area contributed by atoms with Gasteiger partial charge in [-0.15, -0.1) is 0 Å². The Balaban J connectivity index is 1.19. The molecule has 7 heteroatoms. The number of nitrogens with one attached hydrogen (secondary N) is 1. The predicted octanol–water partition coefficient (Wildman–Crippen LogP) is 3.74. The van der Waals surface area contributed by atoms with Crippen molar-refractivity contribution in [2.75, 3.05) is 11.9 Å². The maximum Gasteiger partial charge on any atom is 0.330 e. The Kier molecular flexibility index (Phi) is 5.83. The standard InChI is InChI=1S/C30H26N2O5/c33-25(31-23-12-6-10-19-9-4-5-11-22(19)23)17-37-30(36)24(15-18-7-2-1-3-8-18)32-28(34)26-20-13-14-21(16-20)27(26)29(32)35/h1-14,20-21,24,26-27H,15-17H2,(H,31,33)/t20-,21-,24+,26-,27+/m0/s1. The number of esters is 1. The molecule has 0 unspecified atom stereocenters. The van der Waals surface area contributed by atoms with Crippen LogP contribution in [0.5, 0.6) is 0 Å². The summed E-state index contributed by atoms with van der Waals surface area (Å²) in [6.07, 6.45) is 4.97. The van der Waals surface area contributed by atoms with E-state index in [9.17, 15) is 19.2 Å². The van der Waals surface area contributed by atoms with E-state index in [2.05, 4.69) is 5.32 Å². The van der Waals surface area contributed by atoms with E-state index in [0.717, 1.165) is 27.7 Å². The first-order valence-electron chi connectivity index (χ1n) is 12.5. The number of nitrogens with zero attached hydrogens (tertiary/aromatic N) is 1. The number of ether oxygens (including phenoxy) is 1. The molecule has 2 bridgehead atoms. The van der Waals surface area contributed by atoms with Gasteiger partial charge in [0.05, 0.1) is 11.8 Å². The number of imide groups is 1. The molecule has 3 aliphatic rings. The lowest BCUT2D eigenvalue weighted by molar-refractivity contribution is -0.160. The second-order valence-corrected chi connectivity index (χ2v) is 9.93. The molecule has 186 valence electrons. The fourth-order valence-corrected chi connectivity index (χ4v) is 6.10. The van der Waals surface area contributed by atoms with Crippen LogP contribution in [0, 0.1) is 23.7 Å². The molecule has 6 rings (SSSR count). The molecule has 1 N–H and O–H groups in total. The Hall–Kier alpha value is -4.26. The van der Waals surface area contributed by atoms with Crippen LogP contribution in [0.1, 0.15) is 12.0 Å². The van der Waals surface area contributed by atoms with Crippen LogP contribution in [0.15, 0.2) is 84.9 Å². The maximum absolute atomic E-state index is 13.4. The summed E-state index contributed by atoms with van der Waals surface area (Å²) in [5.74, 6) is -2.64. The van der Waals surface area contributed by atoms with Gasteiger partial charge in [0.25, 0.3) is 5.91 Å². The Morgan fingerprint density at radius 1 is 0.865 bits per heavy atom. The zero-order valence-corrected chi connectivity index (χ0v) is 20.1. The quantitative estimate of drug-likeness (QED) is 0.307. The molecule has 7 nitrogen and oxygen atoms in total. The van der Waals surface area contributed by atoms with Crippen molar-refractivity contribution in [3.8, 4) is 0 Å². The number of carbonyl (C=O) groups is 4. The van der Waals surface area contributed by atoms with E-state index in [1.54, 1.807) is 6.07 Å². The van der Waals surface area contributed by atoms with E-state index in [4.69, 9.17) is 4.74 Å². The highest BCUT2D eigenvalue weighted by molar-refractivity contribution is 6.09. The lowest BCUT2D eigenvalue weighted by atomic mass is 9.85. The van der Waals surface area contributed by atoms with E-state index in [0.29, 0.717) is 5.69 Å². The molecule has 0 spiro atoms. The Morgan fingerprint density at radius 3 is 2.24 bits per heavy atom. The van der Waals surface area contributed by atoms with Crippen LogP contribution >= 0.6 is 0 Å². The zero-order valence-electron chi connectivity index (χ0n) is 20.1. The highest BCUT2D eigenvalue weighted by Gasteiger charge is 2.61. The predicted molar refractivity (Wildman–Crippen MR) is 137 cm³/mol. The van der Waals surface area contributed by atoms with Crippen molar-refractivity contribution in [3.05, 3.63) is 90.5 Å². The van der Waals surface area contributed by atoms with Gasteiger partial charge in [0.15, 0.2) is 6.61 Å². The SMILES string of the molecule is O=C(COC(=O)[C@@H](Cc1ccccc1)N1C(=O)[C@@H]2[C@H](C1=O)[C@H]1C=C[C@H]2C1)Nc1cccc2ccccc12. The highest BCUT2D eigenvalue weighted by atomic mass is 16.5. The summed E-state index contributed by atoms with van der Waals surface area (Å²) < 4.78 is 5.41. The number of anilines is 1. The van der Waals surface area contributed by atoms with Gasteiger partial charge in [0.1, 0.15) is 6.04 Å². The lowest BCUT2D eigenvalue weighted by Crippen LogP contribution is -2.48. The minimum atomic E-state index is -1.13. The van der Waals surface area contributed by atoms with E-state index >= 15 is 0 Å². The van der Waals surface area contributed by atoms with Crippen LogP contribution in [0.25, 0.3) is 10.8 Å². The molecule has 2 fully saturated rings. The Bertz CT molecular complexity index is 1400. The molecular weight excluding hydrogens is 468 g/mol. The van der Waals surface area contributed by atoms with Crippen LogP contribution in [0.3, 0.4) is 0 Å². The molecule has 3 aromatic rings. The second-order valence-electron chi connectivity index (χ2n) is 9.93. The van der Waals surface area contributed by atoms with Crippen LogP contribution in [0.2, 0.25) is 0 Å². The smallest absolute Gasteiger partial charge is 0.330 e. The minimum Gasteiger partial charge on any atom is -0.454 e. The number of allylic oxidation sites excluding steroid dienone is 2. The van der Waals surface area contributed by atoms with Gasteiger partial charge in [-0.05, 0) is 35.3 Å². The van der Waals surface area contributed by atoms with E-state index in [1.165, 1.54) is 0 Å². The van der Waals surface area contributed by atoms with Gasteiger partial charge >= 0.3 is 5.97 Å². The summed E-state index contributed by atoms with van der Waals surface area (Å²) >= 11 is 0. The summed E-state index contributed by atoms with van der Waals surface area (Å²) in [4.78, 5) is 54.0. The van der Waals surface area contributed by atoms with Crippen LogP contribution in [-0.2, 0) is 30.3 Å². The topological polar surface area (TPSA) is 92.8 Å². The molecule has 1 aliphatic heterocycles. The van der Waals surface area contributed by atoms with Gasteiger partial charge in [-0.2, -0.15) is 0 Å². The van der Waals surface area contributed by atoms with Gasteiger partial charge in [0, 0.05) is 17.5 Å². The Labute approximate surface area is 214 Å². The van der Waals surface area contributed by atoms with Crippen LogP contribution < -0.4 is 5.32 Å². The molecule has 1 saturated carbocycles. The number of likely N-dealkylation sites (tertiary alicyclic amines) is 1. The first-order valence-corrected chi connectivity index (χ1v) is 12.5. The van der Waals surface area contributed by atoms with Gasteiger partial charge < -0.3 is 10.1 Å². The average Bonchev–Trinajstić information content (AvgIpc) is 3.60. The van der Waals surface area contributed by atoms with E-state index in [1.807, 2.05) is 78.9 Å². The summed E-state index contributed by atoms with van der Waals surface area (Å²) in [6.45, 7) is -0.525. The molecular formula is C30H26N2O5. The Morgan fingerprint density at radius 2 is 1.51 bits per heavy atom. The van der Waals surface area contributed by atoms with E-state index in [-0.39, 0.29) is 30.1 Å². The number of benzene rings is 3. The fraction of sp³-hybridized carbons (Fsp3) is 0.267. The lowest BCUT2D eigenvalue weighted by Gasteiger charge is -2.26. The average molecular weight is 495 g/mol. The molecule has 0 aromatic heterocycles. The highest BCUT2D eigenvalue weighted by Crippen LogP contribution is 2.53. The molecule has 3 amide bonds. The third-order valence-corrected chi connectivity index (χ3v) is 7.77. The number of carbonyl (C=O) groups excluding carboxylic acids is 4. The summed E-state index contributed by atoms with van der Waals surface area (Å²) in [5.41, 5.74) is 1.41. The van der Waals surface area contributed by atoms with Gasteiger partial charge in [0.2, 0.25) is 11.8 Å². The van der Waals surface area contributed by atoms with Gasteiger partial charge in [-0.25, -0.2) is 4.79 Å². The van der Waals surface area contributed by atoms with Crippen molar-refractivity contribution >= 4 is 40.2 Å². The normalized spacial score (nSPS) is 24.4. The summed E-state index contributed by atoms with van der Waals surface area (Å²) in [6, 6.07) is 21.3. The number of fused-ring (bicyclic) bond motifs is 6. The van der Waals surface area contributed by atoms with Crippen molar-refractivity contribution in [1.82, 2.24) is 4.90 Å².